The number of hydrogen-bond donors (Lipinski definition) is 1. The molecule has 2 saturated heterocycles. The Morgan fingerprint density at radius 1 is 0.967 bits per heavy atom. The van der Waals surface area contributed by atoms with Crippen molar-refractivity contribution in [1.29, 1.82) is 0 Å². The molecule has 0 saturated carbocycles. The van der Waals surface area contributed by atoms with Crippen LogP contribution in [0.25, 0.3) is 0 Å². The third-order valence-electron chi connectivity index (χ3n) is 5.18. The van der Waals surface area contributed by atoms with E-state index in [2.05, 4.69) is 5.32 Å². The predicted octanol–water partition coefficient (Wildman–Crippen LogP) is 4.87. The van der Waals surface area contributed by atoms with Crippen LogP contribution >= 0.6 is 12.4 Å². The monoisotopic (exact) mass is 450 g/mol. The number of anilines is 1. The minimum atomic E-state index is -3.24. The van der Waals surface area contributed by atoms with Gasteiger partial charge in [0.05, 0.1) is 17.8 Å². The van der Waals surface area contributed by atoms with E-state index in [-0.39, 0.29) is 55.5 Å². The van der Waals surface area contributed by atoms with Gasteiger partial charge in [-0.15, -0.1) is 12.4 Å². The van der Waals surface area contributed by atoms with Crippen LogP contribution in [0.2, 0.25) is 0 Å². The second kappa shape index (κ2) is 8.56. The van der Waals surface area contributed by atoms with Gasteiger partial charge in [-0.2, -0.15) is 8.78 Å². The van der Waals surface area contributed by atoms with Crippen LogP contribution in [0.4, 0.5) is 27.6 Å². The molecular formula is C20H20ClF5N2O2. The Labute approximate surface area is 176 Å². The molecule has 0 bridgehead atoms. The molecule has 4 nitrogen and oxygen atoms in total. The molecule has 2 aliphatic rings. The van der Waals surface area contributed by atoms with Crippen molar-refractivity contribution >= 4 is 18.1 Å². The zero-order valence-electron chi connectivity index (χ0n) is 15.8. The molecule has 1 spiro atoms. The lowest BCUT2D eigenvalue weighted by molar-refractivity contribution is -0.312. The average Bonchev–Trinajstić information content (AvgIpc) is 2.64. The van der Waals surface area contributed by atoms with E-state index in [0.717, 1.165) is 18.2 Å². The lowest BCUT2D eigenvalue weighted by Crippen LogP contribution is -2.60. The minimum Gasteiger partial charge on any atom is -0.455 e. The number of nitrogens with one attached hydrogen (secondary N) is 1. The number of benzene rings is 2. The quantitative estimate of drug-likeness (QED) is 0.676. The summed E-state index contributed by atoms with van der Waals surface area (Å²) in [5, 5.41) is 2.69. The summed E-state index contributed by atoms with van der Waals surface area (Å²) in [4.78, 5) is 1.72. The van der Waals surface area contributed by atoms with Crippen molar-refractivity contribution in [2.45, 2.75) is 24.6 Å². The lowest BCUT2D eigenvalue weighted by Gasteiger charge is -2.46. The van der Waals surface area contributed by atoms with E-state index in [1.54, 1.807) is 4.90 Å². The van der Waals surface area contributed by atoms with Crippen molar-refractivity contribution < 1.29 is 31.4 Å². The molecule has 1 N–H and O–H groups in total. The summed E-state index contributed by atoms with van der Waals surface area (Å²) in [5.41, 5.74) is -0.751. The third-order valence-corrected chi connectivity index (χ3v) is 5.18. The van der Waals surface area contributed by atoms with Gasteiger partial charge >= 0.3 is 6.11 Å². The molecule has 0 amide bonds. The molecule has 2 fully saturated rings. The van der Waals surface area contributed by atoms with Gasteiger partial charge in [0.25, 0.3) is 0 Å². The summed E-state index contributed by atoms with van der Waals surface area (Å²) in [5.74, 6) is -2.56. The van der Waals surface area contributed by atoms with Crippen LogP contribution in [-0.4, -0.2) is 37.9 Å². The van der Waals surface area contributed by atoms with Crippen molar-refractivity contribution in [2.24, 2.45) is 0 Å². The molecule has 30 heavy (non-hydrogen) atoms. The van der Waals surface area contributed by atoms with Crippen LogP contribution in [0.3, 0.4) is 0 Å². The Balaban J connectivity index is 0.00000256. The smallest absolute Gasteiger partial charge is 0.368 e. The van der Waals surface area contributed by atoms with Gasteiger partial charge < -0.3 is 19.7 Å². The van der Waals surface area contributed by atoms with Crippen LogP contribution in [-0.2, 0) is 4.74 Å². The van der Waals surface area contributed by atoms with Crippen LogP contribution in [0.5, 0.6) is 11.5 Å². The van der Waals surface area contributed by atoms with Crippen LogP contribution < -0.4 is 15.0 Å². The standard InChI is InChI=1S/C20H19F5N2O2.ClH/c21-13-2-1-3-14(8-13)28-18-10-16(23)15(22)9-17(18)27-6-4-19(5-7-27)11-26-12-20(24,25)29-19;/h1-3,8-10,26H,4-7,11-12H2;1H. The molecule has 2 aromatic carbocycles. The molecule has 0 radical (unpaired) electrons. The van der Waals surface area contributed by atoms with E-state index in [0.29, 0.717) is 6.54 Å². The first-order chi connectivity index (χ1) is 13.8. The number of morpholine rings is 1. The van der Waals surface area contributed by atoms with E-state index in [4.69, 9.17) is 9.47 Å². The largest absolute Gasteiger partial charge is 0.455 e. The van der Waals surface area contributed by atoms with Crippen molar-refractivity contribution in [2.75, 3.05) is 31.1 Å². The average molecular weight is 451 g/mol. The van der Waals surface area contributed by atoms with E-state index in [1.807, 2.05) is 0 Å². The van der Waals surface area contributed by atoms with Crippen molar-refractivity contribution in [1.82, 2.24) is 5.32 Å². The maximum Gasteiger partial charge on any atom is 0.368 e. The molecule has 164 valence electrons. The van der Waals surface area contributed by atoms with E-state index in [9.17, 15) is 22.0 Å². The predicted molar refractivity (Wildman–Crippen MR) is 103 cm³/mol. The molecule has 2 heterocycles. The molecule has 0 unspecified atom stereocenters. The lowest BCUT2D eigenvalue weighted by atomic mass is 9.89. The van der Waals surface area contributed by atoms with Crippen LogP contribution in [0, 0.1) is 17.5 Å². The number of piperidine rings is 1. The molecule has 0 aliphatic carbocycles. The van der Waals surface area contributed by atoms with Gasteiger partial charge in [0.1, 0.15) is 11.6 Å². The summed E-state index contributed by atoms with van der Waals surface area (Å²) in [6.07, 6.45) is -2.70. The van der Waals surface area contributed by atoms with Gasteiger partial charge in [0.15, 0.2) is 17.4 Å². The Morgan fingerprint density at radius 3 is 2.33 bits per heavy atom. The Morgan fingerprint density at radius 2 is 1.67 bits per heavy atom. The third kappa shape index (κ3) is 4.79. The normalized spacial score (nSPS) is 20.0. The Hall–Kier alpha value is -2.10. The van der Waals surface area contributed by atoms with E-state index >= 15 is 0 Å². The molecule has 2 aliphatic heterocycles. The summed E-state index contributed by atoms with van der Waals surface area (Å²) in [6.45, 7) is 0.318. The van der Waals surface area contributed by atoms with Gasteiger partial charge in [-0.1, -0.05) is 6.07 Å². The number of nitrogens with zero attached hydrogens (tertiary/aromatic N) is 1. The number of hydrogen-bond acceptors (Lipinski definition) is 4. The first kappa shape index (κ1) is 22.6. The summed E-state index contributed by atoms with van der Waals surface area (Å²) in [7, 11) is 0. The summed E-state index contributed by atoms with van der Waals surface area (Å²) < 4.78 is 79.1. The Kier molecular flexibility index (Phi) is 6.45. The Bertz CT molecular complexity index is 907. The molecule has 0 atom stereocenters. The second-order valence-electron chi connectivity index (χ2n) is 7.31. The fourth-order valence-electron chi connectivity index (χ4n) is 3.76. The van der Waals surface area contributed by atoms with Gasteiger partial charge in [-0.25, -0.2) is 13.2 Å². The summed E-state index contributed by atoms with van der Waals surface area (Å²) in [6, 6.07) is 7.17. The highest BCUT2D eigenvalue weighted by molar-refractivity contribution is 5.85. The fraction of sp³-hybridized carbons (Fsp3) is 0.400. The number of rotatable bonds is 3. The van der Waals surface area contributed by atoms with Crippen LogP contribution in [0.15, 0.2) is 36.4 Å². The molecular weight excluding hydrogens is 431 g/mol. The zero-order valence-corrected chi connectivity index (χ0v) is 16.6. The maximum atomic E-state index is 13.9. The van der Waals surface area contributed by atoms with E-state index < -0.39 is 35.7 Å². The maximum absolute atomic E-state index is 13.9. The zero-order chi connectivity index (χ0) is 20.6. The number of halogens is 6. The second-order valence-corrected chi connectivity index (χ2v) is 7.31. The highest BCUT2D eigenvalue weighted by Gasteiger charge is 2.48. The van der Waals surface area contributed by atoms with Crippen molar-refractivity contribution in [3.05, 3.63) is 53.8 Å². The number of alkyl halides is 2. The van der Waals surface area contributed by atoms with Crippen molar-refractivity contribution in [3.63, 3.8) is 0 Å². The molecule has 0 aromatic heterocycles. The molecule has 10 heteroatoms. The molecule has 4 rings (SSSR count). The topological polar surface area (TPSA) is 33.7 Å². The first-order valence-corrected chi connectivity index (χ1v) is 9.21. The van der Waals surface area contributed by atoms with Gasteiger partial charge in [0.2, 0.25) is 0 Å². The minimum absolute atomic E-state index is 0. The first-order valence-electron chi connectivity index (χ1n) is 9.21. The summed E-state index contributed by atoms with van der Waals surface area (Å²) >= 11 is 0. The fourth-order valence-corrected chi connectivity index (χ4v) is 3.76. The van der Waals surface area contributed by atoms with Gasteiger partial charge in [0, 0.05) is 37.8 Å². The van der Waals surface area contributed by atoms with E-state index in [1.165, 1.54) is 18.2 Å². The molecule has 2 aromatic rings. The SMILES string of the molecule is Cl.Fc1cccc(Oc2cc(F)c(F)cc2N2CCC3(CC2)CNCC(F)(F)O3)c1. The highest BCUT2D eigenvalue weighted by Crippen LogP contribution is 2.40. The van der Waals surface area contributed by atoms with Crippen molar-refractivity contribution in [3.8, 4) is 11.5 Å². The van der Waals surface area contributed by atoms with Crippen LogP contribution in [0.1, 0.15) is 12.8 Å². The van der Waals surface area contributed by atoms with Gasteiger partial charge in [-0.05, 0) is 25.0 Å². The highest BCUT2D eigenvalue weighted by atomic mass is 35.5. The number of ether oxygens (including phenoxy) is 2. The van der Waals surface area contributed by atoms with Gasteiger partial charge in [-0.3, -0.25) is 0 Å².